The third kappa shape index (κ3) is 2.56. The second-order valence-electron chi connectivity index (χ2n) is 4.94. The number of benzene rings is 2. The lowest BCUT2D eigenvalue weighted by molar-refractivity contribution is 0.0697. The standard InChI is InChI=1S/C16H14BrNO2/c17-14-7-13(16(19)20)8-15(9-14)18-6-5-11-3-1-2-4-12(11)10-18/h1-4,7-9H,5-6,10H2,(H,19,20). The van der Waals surface area contributed by atoms with Crippen LogP contribution in [0.2, 0.25) is 0 Å². The fraction of sp³-hybridized carbons (Fsp3) is 0.188. The number of carboxylic acids is 1. The largest absolute Gasteiger partial charge is 0.478 e. The van der Waals surface area contributed by atoms with Crippen molar-refractivity contribution in [3.63, 3.8) is 0 Å². The molecule has 4 heteroatoms. The highest BCUT2D eigenvalue weighted by Crippen LogP contribution is 2.28. The van der Waals surface area contributed by atoms with Crippen LogP contribution in [0.25, 0.3) is 0 Å². The Bertz CT molecular complexity index is 669. The van der Waals surface area contributed by atoms with Crippen molar-refractivity contribution >= 4 is 27.6 Å². The number of rotatable bonds is 2. The summed E-state index contributed by atoms with van der Waals surface area (Å²) in [6.45, 7) is 1.73. The summed E-state index contributed by atoms with van der Waals surface area (Å²) < 4.78 is 0.797. The summed E-state index contributed by atoms with van der Waals surface area (Å²) in [5, 5.41) is 9.15. The molecule has 0 unspecified atom stereocenters. The van der Waals surface area contributed by atoms with Crippen molar-refractivity contribution in [1.82, 2.24) is 0 Å². The summed E-state index contributed by atoms with van der Waals surface area (Å²) in [5.74, 6) is -0.898. The summed E-state index contributed by atoms with van der Waals surface area (Å²) in [4.78, 5) is 13.4. The van der Waals surface area contributed by atoms with E-state index in [1.165, 1.54) is 11.1 Å². The van der Waals surface area contributed by atoms with E-state index in [1.54, 1.807) is 12.1 Å². The van der Waals surface area contributed by atoms with Gasteiger partial charge in [-0.25, -0.2) is 4.79 Å². The van der Waals surface area contributed by atoms with Gasteiger partial charge in [0.1, 0.15) is 0 Å². The lowest BCUT2D eigenvalue weighted by Gasteiger charge is -2.31. The molecule has 0 saturated heterocycles. The molecule has 1 aliphatic rings. The predicted octanol–water partition coefficient (Wildman–Crippen LogP) is 3.71. The summed E-state index contributed by atoms with van der Waals surface area (Å²) in [6, 6.07) is 13.8. The van der Waals surface area contributed by atoms with Gasteiger partial charge in [0.25, 0.3) is 0 Å². The average molecular weight is 332 g/mol. The van der Waals surface area contributed by atoms with Crippen LogP contribution in [0.1, 0.15) is 21.5 Å². The number of carbonyl (C=O) groups is 1. The molecule has 1 N–H and O–H groups in total. The molecule has 0 aliphatic carbocycles. The molecule has 3 rings (SSSR count). The molecule has 1 aliphatic heterocycles. The van der Waals surface area contributed by atoms with E-state index < -0.39 is 5.97 Å². The topological polar surface area (TPSA) is 40.5 Å². The Balaban J connectivity index is 1.93. The molecule has 0 radical (unpaired) electrons. The van der Waals surface area contributed by atoms with Gasteiger partial charge in [-0.05, 0) is 35.7 Å². The maximum absolute atomic E-state index is 11.1. The number of aromatic carboxylic acids is 1. The van der Waals surface area contributed by atoms with E-state index in [2.05, 4.69) is 39.0 Å². The Morgan fingerprint density at radius 3 is 2.65 bits per heavy atom. The molecular weight excluding hydrogens is 318 g/mol. The molecule has 0 bridgehead atoms. The Kier molecular flexibility index (Phi) is 3.49. The van der Waals surface area contributed by atoms with E-state index in [1.807, 2.05) is 12.1 Å². The quantitative estimate of drug-likeness (QED) is 0.911. The highest BCUT2D eigenvalue weighted by molar-refractivity contribution is 9.10. The van der Waals surface area contributed by atoms with Crippen LogP contribution in [0.4, 0.5) is 5.69 Å². The fourth-order valence-corrected chi connectivity index (χ4v) is 3.08. The van der Waals surface area contributed by atoms with Gasteiger partial charge >= 0.3 is 5.97 Å². The number of anilines is 1. The van der Waals surface area contributed by atoms with E-state index in [9.17, 15) is 4.79 Å². The van der Waals surface area contributed by atoms with Crippen LogP contribution in [0.5, 0.6) is 0 Å². The van der Waals surface area contributed by atoms with Gasteiger partial charge in [-0.2, -0.15) is 0 Å². The van der Waals surface area contributed by atoms with Crippen LogP contribution < -0.4 is 4.90 Å². The van der Waals surface area contributed by atoms with E-state index in [-0.39, 0.29) is 0 Å². The van der Waals surface area contributed by atoms with Crippen molar-refractivity contribution in [2.45, 2.75) is 13.0 Å². The van der Waals surface area contributed by atoms with Crippen LogP contribution in [0, 0.1) is 0 Å². The highest BCUT2D eigenvalue weighted by Gasteiger charge is 2.17. The number of hydrogen-bond acceptors (Lipinski definition) is 2. The molecular formula is C16H14BrNO2. The van der Waals surface area contributed by atoms with Crippen molar-refractivity contribution in [2.24, 2.45) is 0 Å². The third-order valence-electron chi connectivity index (χ3n) is 3.63. The minimum absolute atomic E-state index is 0.313. The Hall–Kier alpha value is -1.81. The summed E-state index contributed by atoms with van der Waals surface area (Å²) >= 11 is 3.39. The first-order chi connectivity index (χ1) is 9.63. The van der Waals surface area contributed by atoms with Crippen LogP contribution in [-0.4, -0.2) is 17.6 Å². The van der Waals surface area contributed by atoms with Gasteiger partial charge in [0.15, 0.2) is 0 Å². The minimum Gasteiger partial charge on any atom is -0.478 e. The lowest BCUT2D eigenvalue weighted by Crippen LogP contribution is -2.30. The molecule has 0 amide bonds. The predicted molar refractivity (Wildman–Crippen MR) is 82.3 cm³/mol. The number of halogens is 1. The molecule has 102 valence electrons. The first kappa shape index (κ1) is 13.2. The van der Waals surface area contributed by atoms with Crippen molar-refractivity contribution in [2.75, 3.05) is 11.4 Å². The van der Waals surface area contributed by atoms with Crippen molar-refractivity contribution in [3.05, 3.63) is 63.6 Å². The fourth-order valence-electron chi connectivity index (χ4n) is 2.60. The van der Waals surface area contributed by atoms with E-state index in [0.717, 1.165) is 29.7 Å². The number of fused-ring (bicyclic) bond motifs is 1. The van der Waals surface area contributed by atoms with Crippen LogP contribution in [0.3, 0.4) is 0 Å². The zero-order chi connectivity index (χ0) is 14.1. The second kappa shape index (κ2) is 5.29. The molecule has 0 aromatic heterocycles. The van der Waals surface area contributed by atoms with Gasteiger partial charge in [0, 0.05) is 23.2 Å². The van der Waals surface area contributed by atoms with Crippen molar-refractivity contribution in [1.29, 1.82) is 0 Å². The third-order valence-corrected chi connectivity index (χ3v) is 4.08. The first-order valence-corrected chi connectivity index (χ1v) is 7.28. The average Bonchev–Trinajstić information content (AvgIpc) is 2.46. The molecule has 20 heavy (non-hydrogen) atoms. The smallest absolute Gasteiger partial charge is 0.335 e. The zero-order valence-electron chi connectivity index (χ0n) is 10.8. The monoisotopic (exact) mass is 331 g/mol. The molecule has 0 fully saturated rings. The van der Waals surface area contributed by atoms with Gasteiger partial charge in [-0.1, -0.05) is 40.2 Å². The Morgan fingerprint density at radius 1 is 1.15 bits per heavy atom. The van der Waals surface area contributed by atoms with E-state index >= 15 is 0 Å². The zero-order valence-corrected chi connectivity index (χ0v) is 12.4. The van der Waals surface area contributed by atoms with Gasteiger partial charge < -0.3 is 10.0 Å². The Labute approximate surface area is 126 Å². The molecule has 2 aromatic rings. The molecule has 2 aromatic carbocycles. The highest BCUT2D eigenvalue weighted by atomic mass is 79.9. The number of nitrogens with zero attached hydrogens (tertiary/aromatic N) is 1. The second-order valence-corrected chi connectivity index (χ2v) is 5.86. The van der Waals surface area contributed by atoms with Crippen molar-refractivity contribution < 1.29 is 9.90 Å². The van der Waals surface area contributed by atoms with Crippen LogP contribution in [-0.2, 0) is 13.0 Å². The van der Waals surface area contributed by atoms with Gasteiger partial charge in [0.05, 0.1) is 5.56 Å². The number of hydrogen-bond donors (Lipinski definition) is 1. The van der Waals surface area contributed by atoms with Crippen molar-refractivity contribution in [3.8, 4) is 0 Å². The molecule has 1 heterocycles. The molecule has 0 spiro atoms. The van der Waals surface area contributed by atoms with Gasteiger partial charge in [0.2, 0.25) is 0 Å². The van der Waals surface area contributed by atoms with Gasteiger partial charge in [-0.15, -0.1) is 0 Å². The SMILES string of the molecule is O=C(O)c1cc(Br)cc(N2CCc3ccccc3C2)c1. The Morgan fingerprint density at radius 2 is 1.90 bits per heavy atom. The number of carboxylic acid groups (broad SMARTS) is 1. The van der Waals surface area contributed by atoms with E-state index in [4.69, 9.17) is 5.11 Å². The maximum Gasteiger partial charge on any atom is 0.335 e. The maximum atomic E-state index is 11.1. The molecule has 0 saturated carbocycles. The lowest BCUT2D eigenvalue weighted by atomic mass is 9.99. The normalized spacial score (nSPS) is 13.9. The van der Waals surface area contributed by atoms with Crippen LogP contribution >= 0.6 is 15.9 Å². The summed E-state index contributed by atoms with van der Waals surface area (Å²) in [7, 11) is 0. The van der Waals surface area contributed by atoms with Crippen LogP contribution in [0.15, 0.2) is 46.9 Å². The van der Waals surface area contributed by atoms with E-state index in [0.29, 0.717) is 5.56 Å². The summed E-state index contributed by atoms with van der Waals surface area (Å²) in [5.41, 5.74) is 3.97. The first-order valence-electron chi connectivity index (χ1n) is 6.49. The minimum atomic E-state index is -0.898. The van der Waals surface area contributed by atoms with Gasteiger partial charge in [-0.3, -0.25) is 0 Å². The summed E-state index contributed by atoms with van der Waals surface area (Å²) in [6.07, 6.45) is 0.991. The molecule has 0 atom stereocenters. The molecule has 3 nitrogen and oxygen atoms in total.